The predicted octanol–water partition coefficient (Wildman–Crippen LogP) is 3.25. The lowest BCUT2D eigenvalue weighted by Crippen LogP contribution is -2.45. The van der Waals surface area contributed by atoms with Gasteiger partial charge in [0.2, 0.25) is 0 Å². The second kappa shape index (κ2) is 8.89. The largest absolute Gasteiger partial charge is 0.484 e. The first kappa shape index (κ1) is 20.7. The van der Waals surface area contributed by atoms with E-state index in [1.807, 2.05) is 38.1 Å². The zero-order valence-electron chi connectivity index (χ0n) is 16.3. The van der Waals surface area contributed by atoms with Crippen LogP contribution in [0.4, 0.5) is 0 Å². The van der Waals surface area contributed by atoms with E-state index in [1.165, 1.54) is 5.56 Å². The molecule has 0 spiro atoms. The molecule has 0 aromatic heterocycles. The van der Waals surface area contributed by atoms with Crippen LogP contribution < -0.4 is 4.74 Å². The molecule has 1 amide bonds. The van der Waals surface area contributed by atoms with Crippen LogP contribution in [0.2, 0.25) is 0 Å². The van der Waals surface area contributed by atoms with Crippen molar-refractivity contribution in [3.63, 3.8) is 0 Å². The van der Waals surface area contributed by atoms with E-state index < -0.39 is 9.84 Å². The molecule has 0 bridgehead atoms. The molecule has 1 heterocycles. The first-order chi connectivity index (χ1) is 12.2. The van der Waals surface area contributed by atoms with Crippen LogP contribution in [0.1, 0.15) is 52.0 Å². The van der Waals surface area contributed by atoms with E-state index in [9.17, 15) is 13.2 Å². The number of carbonyl (C=O) groups is 1. The third kappa shape index (κ3) is 5.73. The molecule has 0 aliphatic carbocycles. The molecule has 26 heavy (non-hydrogen) atoms. The number of amides is 1. The number of sulfone groups is 1. The summed E-state index contributed by atoms with van der Waals surface area (Å²) < 4.78 is 30.3. The molecular weight excluding hydrogens is 350 g/mol. The van der Waals surface area contributed by atoms with Crippen molar-refractivity contribution in [3.8, 4) is 5.75 Å². The van der Waals surface area contributed by atoms with Gasteiger partial charge in [-0.1, -0.05) is 39.8 Å². The van der Waals surface area contributed by atoms with E-state index >= 15 is 0 Å². The minimum absolute atomic E-state index is 0.00949. The Hall–Kier alpha value is -1.56. The van der Waals surface area contributed by atoms with Crippen molar-refractivity contribution >= 4 is 15.7 Å². The van der Waals surface area contributed by atoms with Crippen molar-refractivity contribution in [1.82, 2.24) is 4.90 Å². The molecule has 1 aliphatic heterocycles. The Kier molecular flexibility index (Phi) is 7.09. The normalized spacial score (nSPS) is 16.3. The van der Waals surface area contributed by atoms with Crippen LogP contribution >= 0.6 is 0 Å². The maximum atomic E-state index is 12.3. The highest BCUT2D eigenvalue weighted by molar-refractivity contribution is 7.92. The van der Waals surface area contributed by atoms with Crippen molar-refractivity contribution in [2.24, 2.45) is 5.92 Å². The summed E-state index contributed by atoms with van der Waals surface area (Å²) in [6, 6.07) is 7.78. The lowest BCUT2D eigenvalue weighted by atomic mass is 10.0. The topological polar surface area (TPSA) is 63.7 Å². The zero-order valence-corrected chi connectivity index (χ0v) is 17.1. The molecule has 6 heteroatoms. The summed E-state index contributed by atoms with van der Waals surface area (Å²) in [6.45, 7) is 9.05. The minimum atomic E-state index is -3.07. The number of hydrogen-bond acceptors (Lipinski definition) is 4. The molecule has 1 aliphatic rings. The average Bonchev–Trinajstić information content (AvgIpc) is 2.59. The highest BCUT2D eigenvalue weighted by Gasteiger charge is 2.31. The van der Waals surface area contributed by atoms with E-state index in [2.05, 4.69) is 13.8 Å². The van der Waals surface area contributed by atoms with Gasteiger partial charge in [0.25, 0.3) is 5.91 Å². The van der Waals surface area contributed by atoms with Gasteiger partial charge in [-0.25, -0.2) is 8.42 Å². The Morgan fingerprint density at radius 1 is 1.12 bits per heavy atom. The number of benzene rings is 1. The van der Waals surface area contributed by atoms with Gasteiger partial charge in [0.05, 0.1) is 11.0 Å². The van der Waals surface area contributed by atoms with Crippen LogP contribution in [0.25, 0.3) is 0 Å². The smallest absolute Gasteiger partial charge is 0.260 e. The van der Waals surface area contributed by atoms with E-state index in [0.717, 1.165) is 0 Å². The Morgan fingerprint density at radius 2 is 1.69 bits per heavy atom. The van der Waals surface area contributed by atoms with Crippen LogP contribution in [0.5, 0.6) is 5.75 Å². The molecule has 146 valence electrons. The Labute approximate surface area is 157 Å². The Balaban J connectivity index is 1.81. The summed E-state index contributed by atoms with van der Waals surface area (Å²) in [7, 11) is -3.07. The fraction of sp³-hybridized carbons (Fsp3) is 0.650. The first-order valence-electron chi connectivity index (χ1n) is 9.41. The fourth-order valence-electron chi connectivity index (χ4n) is 3.25. The second-order valence-corrected chi connectivity index (χ2v) is 10.1. The number of rotatable bonds is 7. The zero-order chi connectivity index (χ0) is 19.3. The minimum Gasteiger partial charge on any atom is -0.484 e. The van der Waals surface area contributed by atoms with Gasteiger partial charge < -0.3 is 9.64 Å². The first-order valence-corrected chi connectivity index (χ1v) is 11.1. The number of nitrogens with zero attached hydrogens (tertiary/aromatic N) is 1. The van der Waals surface area contributed by atoms with Crippen molar-refractivity contribution in [3.05, 3.63) is 29.8 Å². The van der Waals surface area contributed by atoms with Crippen molar-refractivity contribution < 1.29 is 17.9 Å². The quantitative estimate of drug-likeness (QED) is 0.727. The third-order valence-corrected chi connectivity index (χ3v) is 7.40. The lowest BCUT2D eigenvalue weighted by molar-refractivity contribution is -0.134. The molecular formula is C20H31NO4S. The van der Waals surface area contributed by atoms with Crippen molar-refractivity contribution in [1.29, 1.82) is 0 Å². The van der Waals surface area contributed by atoms with Gasteiger partial charge in [0, 0.05) is 13.1 Å². The molecule has 2 rings (SSSR count). The second-order valence-electron chi connectivity index (χ2n) is 7.82. The summed E-state index contributed by atoms with van der Waals surface area (Å²) in [5.41, 5.74) is 1.23. The van der Waals surface area contributed by atoms with Crippen molar-refractivity contribution in [2.75, 3.05) is 25.4 Å². The van der Waals surface area contributed by atoms with Gasteiger partial charge in [0.1, 0.15) is 5.75 Å². The molecule has 5 nitrogen and oxygen atoms in total. The Morgan fingerprint density at radius 3 is 2.19 bits per heavy atom. The molecule has 1 fully saturated rings. The third-order valence-electron chi connectivity index (χ3n) is 4.78. The SMILES string of the molecule is CC(C)CS(=O)(=O)C1CCN(C(=O)COc2ccc(C(C)C)cc2)CC1. The molecule has 0 N–H and O–H groups in total. The van der Waals surface area contributed by atoms with Crippen LogP contribution in [-0.4, -0.2) is 49.9 Å². The molecule has 1 saturated heterocycles. The standard InChI is InChI=1S/C20H31NO4S/c1-15(2)14-26(23,24)19-9-11-21(12-10-19)20(22)13-25-18-7-5-17(6-8-18)16(3)4/h5-8,15-16,19H,9-14H2,1-4H3. The molecule has 0 saturated carbocycles. The summed E-state index contributed by atoms with van der Waals surface area (Å²) in [4.78, 5) is 14.0. The molecule has 1 aromatic carbocycles. The van der Waals surface area contributed by atoms with E-state index in [0.29, 0.717) is 37.6 Å². The molecule has 0 atom stereocenters. The maximum absolute atomic E-state index is 12.3. The molecule has 1 aromatic rings. The highest BCUT2D eigenvalue weighted by Crippen LogP contribution is 2.21. The summed E-state index contributed by atoms with van der Waals surface area (Å²) in [6.07, 6.45) is 1.04. The summed E-state index contributed by atoms with van der Waals surface area (Å²) in [5.74, 6) is 1.41. The van der Waals surface area contributed by atoms with E-state index in [4.69, 9.17) is 4.74 Å². The summed E-state index contributed by atoms with van der Waals surface area (Å²) >= 11 is 0. The van der Waals surface area contributed by atoms with Crippen molar-refractivity contribution in [2.45, 2.75) is 51.7 Å². The van der Waals surface area contributed by atoms with Gasteiger partial charge >= 0.3 is 0 Å². The lowest BCUT2D eigenvalue weighted by Gasteiger charge is -2.32. The molecule has 0 radical (unpaired) electrons. The van der Waals surface area contributed by atoms with E-state index in [-0.39, 0.29) is 29.4 Å². The number of likely N-dealkylation sites (tertiary alicyclic amines) is 1. The van der Waals surface area contributed by atoms with E-state index in [1.54, 1.807) is 4.90 Å². The van der Waals surface area contributed by atoms with Gasteiger partial charge in [-0.3, -0.25) is 4.79 Å². The van der Waals surface area contributed by atoms with Crippen LogP contribution in [0.15, 0.2) is 24.3 Å². The predicted molar refractivity (Wildman–Crippen MR) is 104 cm³/mol. The number of hydrogen-bond donors (Lipinski definition) is 0. The number of ether oxygens (including phenoxy) is 1. The number of piperidine rings is 1. The van der Waals surface area contributed by atoms with Gasteiger partial charge in [0.15, 0.2) is 16.4 Å². The Bertz CT molecular complexity index is 687. The van der Waals surface area contributed by atoms with Crippen LogP contribution in [0, 0.1) is 5.92 Å². The van der Waals surface area contributed by atoms with Gasteiger partial charge in [-0.15, -0.1) is 0 Å². The van der Waals surface area contributed by atoms with Gasteiger partial charge in [-0.05, 0) is 42.4 Å². The van der Waals surface area contributed by atoms with Gasteiger partial charge in [-0.2, -0.15) is 0 Å². The number of carbonyl (C=O) groups excluding carboxylic acids is 1. The monoisotopic (exact) mass is 381 g/mol. The average molecular weight is 382 g/mol. The van der Waals surface area contributed by atoms with Crippen LogP contribution in [0.3, 0.4) is 0 Å². The summed E-state index contributed by atoms with van der Waals surface area (Å²) in [5, 5.41) is -0.321. The highest BCUT2D eigenvalue weighted by atomic mass is 32.2. The fourth-order valence-corrected chi connectivity index (χ4v) is 5.38. The van der Waals surface area contributed by atoms with Crippen LogP contribution in [-0.2, 0) is 14.6 Å². The molecule has 0 unspecified atom stereocenters. The maximum Gasteiger partial charge on any atom is 0.260 e.